The van der Waals surface area contributed by atoms with E-state index in [4.69, 9.17) is 9.84 Å². The third-order valence-corrected chi connectivity index (χ3v) is 3.74. The fourth-order valence-electron chi connectivity index (χ4n) is 2.32. The average molecular weight is 341 g/mol. The molecule has 0 radical (unpaired) electrons. The first-order valence-electron chi connectivity index (χ1n) is 8.35. The summed E-state index contributed by atoms with van der Waals surface area (Å²) in [5, 5.41) is 11.8. The van der Waals surface area contributed by atoms with Crippen LogP contribution in [0.25, 0.3) is 0 Å². The van der Waals surface area contributed by atoms with Crippen LogP contribution in [0.3, 0.4) is 0 Å². The fourth-order valence-corrected chi connectivity index (χ4v) is 2.32. The van der Waals surface area contributed by atoms with Crippen LogP contribution in [0.15, 0.2) is 48.5 Å². The smallest absolute Gasteiger partial charge is 0.306 e. The van der Waals surface area contributed by atoms with Gasteiger partial charge in [-0.1, -0.05) is 32.0 Å². The van der Waals surface area contributed by atoms with E-state index in [2.05, 4.69) is 5.32 Å². The summed E-state index contributed by atoms with van der Waals surface area (Å²) in [6.45, 7) is 4.31. The third-order valence-electron chi connectivity index (χ3n) is 3.74. The quantitative estimate of drug-likeness (QED) is 0.761. The molecule has 0 spiro atoms. The Hall–Kier alpha value is -2.82. The number of hydrogen-bond donors (Lipinski definition) is 2. The zero-order valence-corrected chi connectivity index (χ0v) is 14.5. The van der Waals surface area contributed by atoms with Crippen LogP contribution in [0.5, 0.6) is 5.75 Å². The molecule has 5 heteroatoms. The molecule has 0 saturated carbocycles. The number of anilines is 1. The van der Waals surface area contributed by atoms with Crippen molar-refractivity contribution in [1.29, 1.82) is 0 Å². The van der Waals surface area contributed by atoms with Crippen LogP contribution >= 0.6 is 0 Å². The van der Waals surface area contributed by atoms with Gasteiger partial charge in [0.05, 0.1) is 12.5 Å². The predicted octanol–water partition coefficient (Wildman–Crippen LogP) is 3.99. The maximum Gasteiger partial charge on any atom is 0.306 e. The summed E-state index contributed by atoms with van der Waals surface area (Å²) < 4.78 is 5.54. The van der Waals surface area contributed by atoms with E-state index in [-0.39, 0.29) is 5.91 Å². The summed E-state index contributed by atoms with van der Waals surface area (Å²) in [6, 6.07) is 14.3. The molecule has 5 nitrogen and oxygen atoms in total. The SMILES string of the molecule is CCCOc1cccc(C(=O)Nc2ccc(CC(C)C(=O)O)cc2)c1. The Bertz CT molecular complexity index is 725. The van der Waals surface area contributed by atoms with Crippen molar-refractivity contribution in [1.82, 2.24) is 0 Å². The Kier molecular flexibility index (Phi) is 6.57. The minimum absolute atomic E-state index is 0.214. The molecule has 0 heterocycles. The Balaban J connectivity index is 1.99. The number of carbonyl (C=O) groups is 2. The maximum absolute atomic E-state index is 12.3. The first kappa shape index (κ1) is 18.5. The van der Waals surface area contributed by atoms with E-state index in [0.29, 0.717) is 30.0 Å². The van der Waals surface area contributed by atoms with Crippen LogP contribution in [0, 0.1) is 5.92 Å². The van der Waals surface area contributed by atoms with Crippen LogP contribution < -0.4 is 10.1 Å². The average Bonchev–Trinajstić information content (AvgIpc) is 2.61. The summed E-state index contributed by atoms with van der Waals surface area (Å²) in [6.07, 6.45) is 1.36. The van der Waals surface area contributed by atoms with Gasteiger partial charge in [-0.25, -0.2) is 0 Å². The van der Waals surface area contributed by atoms with E-state index in [1.807, 2.05) is 25.1 Å². The van der Waals surface area contributed by atoms with Gasteiger partial charge in [-0.2, -0.15) is 0 Å². The number of nitrogens with one attached hydrogen (secondary N) is 1. The highest BCUT2D eigenvalue weighted by atomic mass is 16.5. The second-order valence-corrected chi connectivity index (χ2v) is 5.97. The van der Waals surface area contributed by atoms with Gasteiger partial charge in [0, 0.05) is 11.3 Å². The lowest BCUT2D eigenvalue weighted by atomic mass is 10.0. The molecule has 0 aromatic heterocycles. The number of amides is 1. The van der Waals surface area contributed by atoms with Crippen molar-refractivity contribution >= 4 is 17.6 Å². The lowest BCUT2D eigenvalue weighted by Gasteiger charge is -2.10. The Morgan fingerprint density at radius 1 is 1.16 bits per heavy atom. The molecule has 1 amide bonds. The first-order chi connectivity index (χ1) is 12.0. The van der Waals surface area contributed by atoms with Gasteiger partial charge in [0.25, 0.3) is 5.91 Å². The van der Waals surface area contributed by atoms with Gasteiger partial charge in [-0.05, 0) is 48.7 Å². The second kappa shape index (κ2) is 8.87. The summed E-state index contributed by atoms with van der Waals surface area (Å²) in [7, 11) is 0. The molecule has 0 aliphatic rings. The van der Waals surface area contributed by atoms with Gasteiger partial charge in [-0.3, -0.25) is 9.59 Å². The first-order valence-corrected chi connectivity index (χ1v) is 8.35. The number of carboxylic acids is 1. The Morgan fingerprint density at radius 3 is 2.52 bits per heavy atom. The molecule has 0 fully saturated rings. The van der Waals surface area contributed by atoms with Crippen molar-refractivity contribution in [2.45, 2.75) is 26.7 Å². The molecule has 25 heavy (non-hydrogen) atoms. The largest absolute Gasteiger partial charge is 0.494 e. The van der Waals surface area contributed by atoms with Gasteiger partial charge in [0.2, 0.25) is 0 Å². The minimum atomic E-state index is -0.817. The molecule has 1 unspecified atom stereocenters. The van der Waals surface area contributed by atoms with Crippen molar-refractivity contribution in [2.24, 2.45) is 5.92 Å². The van der Waals surface area contributed by atoms with Gasteiger partial charge in [-0.15, -0.1) is 0 Å². The molecule has 132 valence electrons. The summed E-state index contributed by atoms with van der Waals surface area (Å²) in [5.74, 6) is -0.796. The van der Waals surface area contributed by atoms with Crippen molar-refractivity contribution in [3.63, 3.8) is 0 Å². The maximum atomic E-state index is 12.3. The van der Waals surface area contributed by atoms with E-state index in [1.54, 1.807) is 37.3 Å². The highest BCUT2D eigenvalue weighted by molar-refractivity contribution is 6.04. The van der Waals surface area contributed by atoms with Gasteiger partial charge < -0.3 is 15.2 Å². The minimum Gasteiger partial charge on any atom is -0.494 e. The second-order valence-electron chi connectivity index (χ2n) is 5.97. The topological polar surface area (TPSA) is 75.6 Å². The molecule has 0 aliphatic carbocycles. The molecular formula is C20H23NO4. The zero-order valence-electron chi connectivity index (χ0n) is 14.5. The fraction of sp³-hybridized carbons (Fsp3) is 0.300. The van der Waals surface area contributed by atoms with Crippen LogP contribution in [0.1, 0.15) is 36.2 Å². The molecule has 2 aromatic carbocycles. The monoisotopic (exact) mass is 341 g/mol. The zero-order chi connectivity index (χ0) is 18.2. The van der Waals surface area contributed by atoms with Crippen LogP contribution in [0.4, 0.5) is 5.69 Å². The molecular weight excluding hydrogens is 318 g/mol. The predicted molar refractivity (Wildman–Crippen MR) is 97.1 cm³/mol. The van der Waals surface area contributed by atoms with E-state index >= 15 is 0 Å². The number of aliphatic carboxylic acids is 1. The highest BCUT2D eigenvalue weighted by Crippen LogP contribution is 2.17. The standard InChI is InChI=1S/C20H23NO4/c1-3-11-25-18-6-4-5-16(13-18)19(22)21-17-9-7-15(8-10-17)12-14(2)20(23)24/h4-10,13-14H,3,11-12H2,1-2H3,(H,21,22)(H,23,24). The van der Waals surface area contributed by atoms with E-state index in [0.717, 1.165) is 12.0 Å². The summed E-state index contributed by atoms with van der Waals surface area (Å²) >= 11 is 0. The van der Waals surface area contributed by atoms with Crippen molar-refractivity contribution in [3.8, 4) is 5.75 Å². The van der Waals surface area contributed by atoms with E-state index in [9.17, 15) is 9.59 Å². The molecule has 0 aliphatic heterocycles. The highest BCUT2D eigenvalue weighted by Gasteiger charge is 2.12. The number of hydrogen-bond acceptors (Lipinski definition) is 3. The third kappa shape index (κ3) is 5.64. The number of carboxylic acid groups (broad SMARTS) is 1. The molecule has 2 rings (SSSR count). The number of benzene rings is 2. The number of carbonyl (C=O) groups excluding carboxylic acids is 1. The number of rotatable bonds is 8. The molecule has 2 aromatic rings. The van der Waals surface area contributed by atoms with Crippen molar-refractivity contribution in [3.05, 3.63) is 59.7 Å². The normalized spacial score (nSPS) is 11.6. The van der Waals surface area contributed by atoms with Crippen molar-refractivity contribution < 1.29 is 19.4 Å². The summed E-state index contributed by atoms with van der Waals surface area (Å²) in [4.78, 5) is 23.2. The lowest BCUT2D eigenvalue weighted by Crippen LogP contribution is -2.13. The Morgan fingerprint density at radius 2 is 1.88 bits per heavy atom. The van der Waals surface area contributed by atoms with E-state index < -0.39 is 11.9 Å². The van der Waals surface area contributed by atoms with Gasteiger partial charge >= 0.3 is 5.97 Å². The molecule has 1 atom stereocenters. The van der Waals surface area contributed by atoms with Gasteiger partial charge in [0.1, 0.15) is 5.75 Å². The van der Waals surface area contributed by atoms with Crippen molar-refractivity contribution in [2.75, 3.05) is 11.9 Å². The molecule has 0 saturated heterocycles. The summed E-state index contributed by atoms with van der Waals surface area (Å²) in [5.41, 5.74) is 2.11. The lowest BCUT2D eigenvalue weighted by molar-refractivity contribution is -0.141. The van der Waals surface area contributed by atoms with Crippen LogP contribution in [-0.4, -0.2) is 23.6 Å². The molecule has 0 bridgehead atoms. The number of ether oxygens (including phenoxy) is 1. The van der Waals surface area contributed by atoms with Crippen LogP contribution in [0.2, 0.25) is 0 Å². The molecule has 2 N–H and O–H groups in total. The van der Waals surface area contributed by atoms with E-state index in [1.165, 1.54) is 0 Å². The van der Waals surface area contributed by atoms with Crippen LogP contribution in [-0.2, 0) is 11.2 Å². The Labute approximate surface area is 147 Å². The van der Waals surface area contributed by atoms with Gasteiger partial charge in [0.15, 0.2) is 0 Å².